The van der Waals surface area contributed by atoms with Crippen LogP contribution in [0, 0.1) is 13.8 Å². The van der Waals surface area contributed by atoms with Crippen LogP contribution in [0.25, 0.3) is 22.2 Å². The SMILES string of the molecule is CCN(CC)CC.Cc1ccc2c(C(=O)O)c(O)c(-c3ccc(N)cc3)nc2c1C. The van der Waals surface area contributed by atoms with Gasteiger partial charge in [-0.05, 0) is 56.7 Å². The van der Waals surface area contributed by atoms with Crippen molar-refractivity contribution < 1.29 is 15.0 Å². The summed E-state index contributed by atoms with van der Waals surface area (Å²) in [6.07, 6.45) is 0. The highest BCUT2D eigenvalue weighted by molar-refractivity contribution is 6.08. The van der Waals surface area contributed by atoms with E-state index in [0.717, 1.165) is 11.1 Å². The lowest BCUT2D eigenvalue weighted by Gasteiger charge is -2.13. The van der Waals surface area contributed by atoms with E-state index in [0.29, 0.717) is 22.2 Å². The van der Waals surface area contributed by atoms with Crippen molar-refractivity contribution in [1.82, 2.24) is 9.88 Å². The Bertz CT molecular complexity index is 1020. The van der Waals surface area contributed by atoms with Crippen molar-refractivity contribution in [3.63, 3.8) is 0 Å². The van der Waals surface area contributed by atoms with Gasteiger partial charge in [-0.25, -0.2) is 9.78 Å². The number of nitrogens with zero attached hydrogens (tertiary/aromatic N) is 2. The van der Waals surface area contributed by atoms with Gasteiger partial charge in [0, 0.05) is 16.6 Å². The molecule has 1 aromatic heterocycles. The Balaban J connectivity index is 0.000000396. The fourth-order valence-corrected chi connectivity index (χ4v) is 3.29. The topological polar surface area (TPSA) is 99.7 Å². The van der Waals surface area contributed by atoms with Crippen molar-refractivity contribution in [2.24, 2.45) is 0 Å². The minimum atomic E-state index is -1.19. The van der Waals surface area contributed by atoms with Crippen molar-refractivity contribution in [2.45, 2.75) is 34.6 Å². The Morgan fingerprint density at radius 2 is 1.57 bits per heavy atom. The highest BCUT2D eigenvalue weighted by atomic mass is 16.4. The zero-order valence-corrected chi connectivity index (χ0v) is 18.4. The van der Waals surface area contributed by atoms with Crippen LogP contribution in [-0.2, 0) is 0 Å². The summed E-state index contributed by atoms with van der Waals surface area (Å²) in [5.41, 5.74) is 9.46. The van der Waals surface area contributed by atoms with Crippen LogP contribution in [0.2, 0.25) is 0 Å². The van der Waals surface area contributed by atoms with Crippen molar-refractivity contribution >= 4 is 22.6 Å². The average molecular weight is 410 g/mol. The number of carboxylic acids is 1. The Morgan fingerprint density at radius 3 is 2.03 bits per heavy atom. The summed E-state index contributed by atoms with van der Waals surface area (Å²) in [4.78, 5) is 18.6. The normalized spacial score (nSPS) is 10.7. The van der Waals surface area contributed by atoms with E-state index in [9.17, 15) is 15.0 Å². The summed E-state index contributed by atoms with van der Waals surface area (Å²) < 4.78 is 0. The van der Waals surface area contributed by atoms with Gasteiger partial charge in [-0.3, -0.25) is 0 Å². The highest BCUT2D eigenvalue weighted by Crippen LogP contribution is 2.37. The van der Waals surface area contributed by atoms with E-state index >= 15 is 0 Å². The summed E-state index contributed by atoms with van der Waals surface area (Å²) in [5, 5.41) is 20.4. The molecule has 160 valence electrons. The van der Waals surface area contributed by atoms with Gasteiger partial charge in [0.1, 0.15) is 11.3 Å². The molecule has 6 nitrogen and oxygen atoms in total. The Morgan fingerprint density at radius 1 is 1.00 bits per heavy atom. The summed E-state index contributed by atoms with van der Waals surface area (Å²) >= 11 is 0. The van der Waals surface area contributed by atoms with Crippen LogP contribution >= 0.6 is 0 Å². The van der Waals surface area contributed by atoms with E-state index in [1.165, 1.54) is 19.6 Å². The second kappa shape index (κ2) is 10.1. The van der Waals surface area contributed by atoms with Gasteiger partial charge in [-0.1, -0.05) is 45.0 Å². The molecule has 2 aromatic carbocycles. The number of hydrogen-bond donors (Lipinski definition) is 3. The first-order valence-electron chi connectivity index (χ1n) is 10.2. The largest absolute Gasteiger partial charge is 0.505 e. The summed E-state index contributed by atoms with van der Waals surface area (Å²) in [5.74, 6) is -1.52. The molecule has 0 unspecified atom stereocenters. The van der Waals surface area contributed by atoms with Gasteiger partial charge >= 0.3 is 5.97 Å². The fraction of sp³-hybridized carbons (Fsp3) is 0.333. The minimum absolute atomic E-state index is 0.134. The van der Waals surface area contributed by atoms with Gasteiger partial charge in [-0.15, -0.1) is 0 Å². The Hall–Kier alpha value is -3.12. The number of aromatic hydroxyl groups is 1. The second-order valence-corrected chi connectivity index (χ2v) is 7.13. The Labute approximate surface area is 178 Å². The van der Waals surface area contributed by atoms with Gasteiger partial charge in [0.25, 0.3) is 0 Å². The standard InChI is InChI=1S/C18H16N2O3.C6H15N/c1-9-3-8-13-14(18(22)23)17(21)16(20-15(13)10(9)2)11-4-6-12(19)7-5-11;1-4-7(5-2)6-3/h3-8,21H,19H2,1-2H3,(H,22,23);4-6H2,1-3H3. The molecule has 0 spiro atoms. The van der Waals surface area contributed by atoms with Crippen molar-refractivity contribution in [2.75, 3.05) is 25.4 Å². The molecular weight excluding hydrogens is 378 g/mol. The molecule has 0 saturated heterocycles. The fourth-order valence-electron chi connectivity index (χ4n) is 3.29. The molecule has 0 fully saturated rings. The van der Waals surface area contributed by atoms with E-state index in [2.05, 4.69) is 30.7 Å². The van der Waals surface area contributed by atoms with Crippen LogP contribution in [0.5, 0.6) is 5.75 Å². The van der Waals surface area contributed by atoms with Gasteiger partial charge in [-0.2, -0.15) is 0 Å². The number of aromatic nitrogens is 1. The second-order valence-electron chi connectivity index (χ2n) is 7.13. The molecule has 3 rings (SSSR count). The van der Waals surface area contributed by atoms with Crippen LogP contribution in [-0.4, -0.2) is 45.7 Å². The summed E-state index contributed by atoms with van der Waals surface area (Å²) in [6, 6.07) is 10.3. The number of benzene rings is 2. The molecule has 0 bridgehead atoms. The highest BCUT2D eigenvalue weighted by Gasteiger charge is 2.22. The molecule has 0 aliphatic heterocycles. The summed E-state index contributed by atoms with van der Waals surface area (Å²) in [6.45, 7) is 14.0. The predicted octanol–water partition coefficient (Wildman–Crippen LogP) is 4.85. The molecule has 30 heavy (non-hydrogen) atoms. The third-order valence-corrected chi connectivity index (χ3v) is 5.40. The van der Waals surface area contributed by atoms with Gasteiger partial charge in [0.2, 0.25) is 0 Å². The molecule has 0 saturated carbocycles. The molecule has 0 amide bonds. The molecule has 1 heterocycles. The van der Waals surface area contributed by atoms with Crippen LogP contribution in [0.15, 0.2) is 36.4 Å². The number of carboxylic acid groups (broad SMARTS) is 1. The third kappa shape index (κ3) is 4.89. The Kier molecular flexibility index (Phi) is 7.78. The average Bonchev–Trinajstić information content (AvgIpc) is 2.73. The number of aromatic carboxylic acids is 1. The maximum Gasteiger partial charge on any atom is 0.340 e. The number of nitrogens with two attached hydrogens (primary N) is 1. The third-order valence-electron chi connectivity index (χ3n) is 5.40. The smallest absolute Gasteiger partial charge is 0.340 e. The molecule has 6 heteroatoms. The maximum absolute atomic E-state index is 11.7. The number of carbonyl (C=O) groups is 1. The number of aryl methyl sites for hydroxylation is 2. The first kappa shape index (κ1) is 23.2. The minimum Gasteiger partial charge on any atom is -0.505 e. The van der Waals surface area contributed by atoms with Gasteiger partial charge in [0.15, 0.2) is 5.75 Å². The van der Waals surface area contributed by atoms with E-state index in [1.54, 1.807) is 30.3 Å². The molecule has 0 aliphatic rings. The van der Waals surface area contributed by atoms with E-state index in [-0.39, 0.29) is 17.0 Å². The number of hydrogen-bond acceptors (Lipinski definition) is 5. The van der Waals surface area contributed by atoms with Crippen LogP contribution in [0.1, 0.15) is 42.3 Å². The van der Waals surface area contributed by atoms with Crippen LogP contribution < -0.4 is 5.73 Å². The van der Waals surface area contributed by atoms with Crippen molar-refractivity contribution in [3.8, 4) is 17.0 Å². The first-order valence-corrected chi connectivity index (χ1v) is 10.2. The molecule has 0 aliphatic carbocycles. The van der Waals surface area contributed by atoms with Crippen molar-refractivity contribution in [1.29, 1.82) is 0 Å². The van der Waals surface area contributed by atoms with Crippen LogP contribution in [0.3, 0.4) is 0 Å². The maximum atomic E-state index is 11.7. The molecule has 3 aromatic rings. The lowest BCUT2D eigenvalue weighted by molar-refractivity contribution is 0.0696. The van der Waals surface area contributed by atoms with Crippen molar-refractivity contribution in [3.05, 3.63) is 53.1 Å². The van der Waals surface area contributed by atoms with Gasteiger partial charge in [0.05, 0.1) is 5.52 Å². The first-order chi connectivity index (χ1) is 14.2. The predicted molar refractivity (Wildman–Crippen MR) is 123 cm³/mol. The molecule has 0 atom stereocenters. The molecule has 4 N–H and O–H groups in total. The number of rotatable bonds is 5. The quantitative estimate of drug-likeness (QED) is 0.521. The van der Waals surface area contributed by atoms with E-state index in [4.69, 9.17) is 5.73 Å². The van der Waals surface area contributed by atoms with E-state index < -0.39 is 5.97 Å². The number of anilines is 1. The lowest BCUT2D eigenvalue weighted by atomic mass is 9.98. The number of fused-ring (bicyclic) bond motifs is 1. The zero-order valence-electron chi connectivity index (χ0n) is 18.4. The van der Waals surface area contributed by atoms with E-state index in [1.807, 2.05) is 19.9 Å². The number of nitrogen functional groups attached to an aromatic ring is 1. The zero-order chi connectivity index (χ0) is 22.4. The monoisotopic (exact) mass is 409 g/mol. The van der Waals surface area contributed by atoms with Gasteiger partial charge < -0.3 is 20.8 Å². The number of pyridine rings is 1. The summed E-state index contributed by atoms with van der Waals surface area (Å²) in [7, 11) is 0. The van der Waals surface area contributed by atoms with Crippen LogP contribution in [0.4, 0.5) is 5.69 Å². The molecular formula is C24H31N3O3. The molecule has 0 radical (unpaired) electrons. The lowest BCUT2D eigenvalue weighted by Crippen LogP contribution is -2.21.